The van der Waals surface area contributed by atoms with Gasteiger partial charge in [-0.15, -0.1) is 0 Å². The topological polar surface area (TPSA) is 98.1 Å². The molecule has 0 spiro atoms. The van der Waals surface area contributed by atoms with E-state index in [0.29, 0.717) is 56.7 Å². The minimum atomic E-state index is 0.100. The van der Waals surface area contributed by atoms with Crippen LogP contribution in [0.15, 0.2) is 72.8 Å². The molecule has 7 aromatic rings. The minimum Gasteiger partial charge on any atom is -0.324 e. The van der Waals surface area contributed by atoms with E-state index in [1.807, 2.05) is 72.8 Å². The van der Waals surface area contributed by atoms with E-state index in [1.165, 1.54) is 4.09 Å². The summed E-state index contributed by atoms with van der Waals surface area (Å²) in [5, 5.41) is 3.03. The highest BCUT2D eigenvalue weighted by Gasteiger charge is 2.25. The van der Waals surface area contributed by atoms with Crippen molar-refractivity contribution in [1.82, 2.24) is 39.0 Å². The Kier molecular flexibility index (Phi) is 5.91. The predicted molar refractivity (Wildman–Crippen MR) is 181 cm³/mol. The molecular formula is C32H13Cl5N8. The van der Waals surface area contributed by atoms with Gasteiger partial charge in [0.2, 0.25) is 0 Å². The summed E-state index contributed by atoms with van der Waals surface area (Å²) in [5.41, 5.74) is 4.70. The highest BCUT2D eigenvalue weighted by atomic mass is 35.5. The molecule has 0 saturated carbocycles. The molecular weight excluding hydrogens is 674 g/mol. The zero-order valence-electron chi connectivity index (χ0n) is 22.4. The van der Waals surface area contributed by atoms with E-state index in [0.717, 1.165) is 33.0 Å². The van der Waals surface area contributed by atoms with Gasteiger partial charge in [-0.2, -0.15) is 0 Å². The summed E-state index contributed by atoms with van der Waals surface area (Å²) in [6, 6.07) is 23.1. The first kappa shape index (κ1) is 27.0. The summed E-state index contributed by atoms with van der Waals surface area (Å²) >= 11 is 33.7. The van der Waals surface area contributed by atoms with Crippen molar-refractivity contribution in [2.75, 3.05) is 0 Å². The van der Waals surface area contributed by atoms with E-state index < -0.39 is 0 Å². The molecule has 0 unspecified atom stereocenters. The molecule has 13 heteroatoms. The second-order valence-corrected chi connectivity index (χ2v) is 12.2. The zero-order valence-corrected chi connectivity index (χ0v) is 26.2. The molecule has 8 bridgehead atoms. The maximum Gasteiger partial charge on any atom is 0.164 e. The fourth-order valence-corrected chi connectivity index (χ4v) is 7.10. The van der Waals surface area contributed by atoms with Crippen molar-refractivity contribution in [3.63, 3.8) is 0 Å². The molecule has 0 radical (unpaired) electrons. The van der Waals surface area contributed by atoms with Crippen LogP contribution in [0.25, 0.3) is 89.7 Å². The first-order chi connectivity index (χ1) is 21.9. The Morgan fingerprint density at radius 2 is 0.800 bits per heavy atom. The molecule has 45 heavy (non-hydrogen) atoms. The van der Waals surface area contributed by atoms with Crippen molar-refractivity contribution >= 4 is 102 Å². The Balaban J connectivity index is 1.56. The summed E-state index contributed by atoms with van der Waals surface area (Å²) in [6.45, 7) is 0. The summed E-state index contributed by atoms with van der Waals surface area (Å²) in [5.74, 6) is 1.65. The number of halogens is 5. The average Bonchev–Trinajstić information content (AvgIpc) is 3.77. The van der Waals surface area contributed by atoms with E-state index in [-0.39, 0.29) is 20.1 Å². The van der Waals surface area contributed by atoms with Gasteiger partial charge < -0.3 is 4.98 Å². The molecule has 3 aromatic heterocycles. The molecule has 0 atom stereocenters. The molecule has 1 N–H and O–H groups in total. The van der Waals surface area contributed by atoms with Crippen molar-refractivity contribution in [3.8, 4) is 45.6 Å². The number of nitrogens with one attached hydrogen (secondary N) is 1. The largest absolute Gasteiger partial charge is 0.324 e. The predicted octanol–water partition coefficient (Wildman–Crippen LogP) is 9.96. The Morgan fingerprint density at radius 3 is 1.20 bits per heavy atom. The fraction of sp³-hybridized carbons (Fsp3) is 0. The minimum absolute atomic E-state index is 0.100. The number of benzene rings is 4. The molecule has 0 fully saturated rings. The molecule has 8 nitrogen and oxygen atoms in total. The zero-order chi connectivity index (χ0) is 30.6. The van der Waals surface area contributed by atoms with E-state index in [9.17, 15) is 0 Å². The maximum atomic E-state index is 7.01. The standard InChI is InChI=1S/C32H13Cl5N8/c33-21-19-20(22(34)24(36)23(21)35)30-41-26-14-8-2-4-10-16(14)28(39-26)44-32-18-12-6-5-11-17(18)31(45(32)37)43-27-15-9-3-1-7-13(15)25(38-27)40-29(19)42-30/h1-12H,(H,38,39,40,41,42,43,44). The normalized spacial score (nSPS) is 12.1. The summed E-state index contributed by atoms with van der Waals surface area (Å²) in [4.78, 5) is 32.8. The first-order valence-electron chi connectivity index (χ1n) is 13.5. The second-order valence-electron chi connectivity index (χ2n) is 10.4. The van der Waals surface area contributed by atoms with Gasteiger partial charge in [-0.25, -0.2) is 34.0 Å². The van der Waals surface area contributed by atoms with E-state index >= 15 is 0 Å². The van der Waals surface area contributed by atoms with Crippen LogP contribution in [0.3, 0.4) is 0 Å². The Bertz CT molecular complexity index is 2450. The molecule has 4 aromatic carbocycles. The molecule has 0 amide bonds. The van der Waals surface area contributed by atoms with Crippen LogP contribution in [-0.4, -0.2) is 39.0 Å². The van der Waals surface area contributed by atoms with Gasteiger partial charge in [-0.05, 0) is 0 Å². The van der Waals surface area contributed by atoms with Crippen molar-refractivity contribution in [2.24, 2.45) is 0 Å². The SMILES string of the molecule is Clc1c(Cl)c(Cl)c2c3nc4nc(nc5c6ccccc6c(nc6nc(nc([nH]3)c2c1Cl)-c1ccccc1-6)n5Cl)-c1ccccc1-4. The van der Waals surface area contributed by atoms with Crippen LogP contribution in [0.1, 0.15) is 0 Å². The van der Waals surface area contributed by atoms with Crippen LogP contribution in [0.2, 0.25) is 20.1 Å². The van der Waals surface area contributed by atoms with Crippen LogP contribution in [-0.2, 0) is 0 Å². The van der Waals surface area contributed by atoms with Crippen molar-refractivity contribution in [1.29, 1.82) is 0 Å². The summed E-state index contributed by atoms with van der Waals surface area (Å²) < 4.78 is 1.44. The highest BCUT2D eigenvalue weighted by Crippen LogP contribution is 2.46. The van der Waals surface area contributed by atoms with Gasteiger partial charge in [-0.1, -0.05) is 119 Å². The molecule has 9 rings (SSSR count). The number of hydrogen-bond acceptors (Lipinski definition) is 6. The van der Waals surface area contributed by atoms with Crippen LogP contribution in [0.5, 0.6) is 0 Å². The monoisotopic (exact) mass is 684 g/mol. The first-order valence-corrected chi connectivity index (χ1v) is 15.4. The van der Waals surface area contributed by atoms with E-state index in [2.05, 4.69) is 4.98 Å². The lowest BCUT2D eigenvalue weighted by atomic mass is 10.1. The van der Waals surface area contributed by atoms with Crippen molar-refractivity contribution < 1.29 is 0 Å². The lowest BCUT2D eigenvalue weighted by molar-refractivity contribution is 1.17. The molecule has 0 saturated heterocycles. The fourth-order valence-electron chi connectivity index (χ4n) is 5.82. The Labute approximate surface area is 278 Å². The Morgan fingerprint density at radius 1 is 0.444 bits per heavy atom. The van der Waals surface area contributed by atoms with Gasteiger partial charge in [-0.3, -0.25) is 0 Å². The van der Waals surface area contributed by atoms with E-state index in [1.54, 1.807) is 0 Å². The third-order valence-electron chi connectivity index (χ3n) is 7.86. The number of fused-ring (bicyclic) bond motifs is 20. The van der Waals surface area contributed by atoms with Gasteiger partial charge in [0.15, 0.2) is 34.6 Å². The molecule has 0 aliphatic carbocycles. The van der Waals surface area contributed by atoms with Gasteiger partial charge in [0.25, 0.3) is 0 Å². The lowest BCUT2D eigenvalue weighted by Crippen LogP contribution is -1.88. The van der Waals surface area contributed by atoms with Crippen LogP contribution in [0, 0.1) is 0 Å². The third kappa shape index (κ3) is 3.87. The van der Waals surface area contributed by atoms with Gasteiger partial charge in [0.05, 0.1) is 30.9 Å². The van der Waals surface area contributed by atoms with Gasteiger partial charge >= 0.3 is 0 Å². The molecule has 2 aliphatic rings. The quantitative estimate of drug-likeness (QED) is 0.126. The molecule has 2 aliphatic heterocycles. The van der Waals surface area contributed by atoms with Crippen LogP contribution in [0.4, 0.5) is 0 Å². The second kappa shape index (κ2) is 9.84. The van der Waals surface area contributed by atoms with Crippen LogP contribution >= 0.6 is 58.2 Å². The smallest absolute Gasteiger partial charge is 0.164 e. The number of hydrogen-bond donors (Lipinski definition) is 1. The number of H-pyrrole nitrogens is 1. The number of rotatable bonds is 0. The van der Waals surface area contributed by atoms with Crippen LogP contribution < -0.4 is 0 Å². The lowest BCUT2D eigenvalue weighted by Gasteiger charge is -2.04. The molecule has 216 valence electrons. The highest BCUT2D eigenvalue weighted by molar-refractivity contribution is 6.56. The number of aromatic nitrogens is 8. The molecule has 5 heterocycles. The summed E-state index contributed by atoms with van der Waals surface area (Å²) in [7, 11) is 0. The third-order valence-corrected chi connectivity index (χ3v) is 9.98. The number of aromatic amines is 1. The van der Waals surface area contributed by atoms with Crippen molar-refractivity contribution in [2.45, 2.75) is 0 Å². The summed E-state index contributed by atoms with van der Waals surface area (Å²) in [6.07, 6.45) is 0. The van der Waals surface area contributed by atoms with Gasteiger partial charge in [0.1, 0.15) is 11.3 Å². The maximum absolute atomic E-state index is 7.01. The van der Waals surface area contributed by atoms with Crippen molar-refractivity contribution in [3.05, 3.63) is 92.9 Å². The number of nitrogens with zero attached hydrogens (tertiary/aromatic N) is 7. The van der Waals surface area contributed by atoms with E-state index in [4.69, 9.17) is 88.1 Å². The van der Waals surface area contributed by atoms with Gasteiger partial charge in [0, 0.05) is 44.8 Å². The Hall–Kier alpha value is -4.31. The average molecular weight is 687 g/mol.